The fraction of sp³-hybridized carbons (Fsp3) is 0.545. The maximum Gasteiger partial charge on any atom is 0.416 e. The van der Waals surface area contributed by atoms with Crippen LogP contribution in [0.25, 0.3) is 0 Å². The number of rotatable bonds is 3. The van der Waals surface area contributed by atoms with Gasteiger partial charge in [-0.25, -0.2) is 0 Å². The first kappa shape index (κ1) is 23.2. The van der Waals surface area contributed by atoms with Crippen molar-refractivity contribution in [3.63, 3.8) is 0 Å². The van der Waals surface area contributed by atoms with Crippen LogP contribution >= 0.6 is 11.8 Å². The summed E-state index contributed by atoms with van der Waals surface area (Å²) in [6.45, 7) is 0. The number of halogens is 6. The van der Waals surface area contributed by atoms with Crippen LogP contribution in [0.15, 0.2) is 34.2 Å². The molecule has 174 valence electrons. The zero-order chi connectivity index (χ0) is 23.3. The van der Waals surface area contributed by atoms with Crippen LogP contribution in [0.5, 0.6) is 0 Å². The number of carbonyl (C=O) groups excluding carboxylic acids is 1. The molecule has 32 heavy (non-hydrogen) atoms. The zero-order valence-corrected chi connectivity index (χ0v) is 18.0. The summed E-state index contributed by atoms with van der Waals surface area (Å²) in [6, 6.07) is 1.98. The van der Waals surface area contributed by atoms with Gasteiger partial charge in [-0.3, -0.25) is 9.79 Å². The number of fused-ring (bicyclic) bond motifs is 2. The van der Waals surface area contributed by atoms with Crippen LogP contribution in [0.4, 0.5) is 31.1 Å². The van der Waals surface area contributed by atoms with Crippen LogP contribution in [0.2, 0.25) is 0 Å². The molecule has 3 nitrogen and oxygen atoms in total. The van der Waals surface area contributed by atoms with Crippen molar-refractivity contribution in [2.75, 3.05) is 7.05 Å². The van der Waals surface area contributed by atoms with E-state index in [4.69, 9.17) is 0 Å². The quantitative estimate of drug-likeness (QED) is 0.494. The van der Waals surface area contributed by atoms with Gasteiger partial charge in [0.05, 0.1) is 16.0 Å². The second kappa shape index (κ2) is 8.43. The summed E-state index contributed by atoms with van der Waals surface area (Å²) in [5.41, 5.74) is -2.53. The highest BCUT2D eigenvalue weighted by Gasteiger charge is 2.44. The number of hydrogen-bond acceptors (Lipinski definition) is 3. The number of aliphatic imine (C=N–C) groups is 1. The zero-order valence-electron chi connectivity index (χ0n) is 17.2. The van der Waals surface area contributed by atoms with Crippen molar-refractivity contribution in [1.29, 1.82) is 0 Å². The van der Waals surface area contributed by atoms with Crippen molar-refractivity contribution in [2.24, 2.45) is 28.7 Å². The van der Waals surface area contributed by atoms with Gasteiger partial charge in [0.15, 0.2) is 0 Å². The highest BCUT2D eigenvalue weighted by Crippen LogP contribution is 2.52. The minimum absolute atomic E-state index is 0.0118. The molecule has 2 bridgehead atoms. The van der Waals surface area contributed by atoms with Gasteiger partial charge in [-0.05, 0) is 85.2 Å². The van der Waals surface area contributed by atoms with Crippen molar-refractivity contribution in [2.45, 2.75) is 44.5 Å². The Bertz CT molecular complexity index is 954. The molecule has 1 aromatic rings. The van der Waals surface area contributed by atoms with Crippen molar-refractivity contribution in [3.8, 4) is 0 Å². The van der Waals surface area contributed by atoms with Crippen LogP contribution in [0, 0.1) is 23.7 Å². The molecule has 10 heteroatoms. The average molecular weight is 476 g/mol. The maximum absolute atomic E-state index is 13.5. The van der Waals surface area contributed by atoms with Gasteiger partial charge in [-0.1, -0.05) is 12.1 Å². The average Bonchev–Trinajstić information content (AvgIpc) is 3.15. The number of thioether (sulfide) groups is 1. The molecule has 1 N–H and O–H groups in total. The van der Waals surface area contributed by atoms with E-state index in [0.29, 0.717) is 5.84 Å². The summed E-state index contributed by atoms with van der Waals surface area (Å²) < 4.78 is 79.5. The second-order valence-electron chi connectivity index (χ2n) is 8.68. The lowest BCUT2D eigenvalue weighted by Gasteiger charge is -2.35. The van der Waals surface area contributed by atoms with Gasteiger partial charge in [-0.15, -0.1) is 0 Å². The molecule has 1 aromatic carbocycles. The van der Waals surface area contributed by atoms with E-state index in [9.17, 15) is 31.1 Å². The van der Waals surface area contributed by atoms with Crippen LogP contribution in [-0.4, -0.2) is 18.1 Å². The number of alkyl halides is 6. The minimum Gasteiger partial charge on any atom is -0.300 e. The Balaban J connectivity index is 1.53. The second-order valence-corrected chi connectivity index (χ2v) is 9.70. The molecule has 0 spiro atoms. The molecule has 4 rings (SSSR count). The Morgan fingerprint density at radius 2 is 1.75 bits per heavy atom. The first-order chi connectivity index (χ1) is 15.0. The van der Waals surface area contributed by atoms with Crippen molar-refractivity contribution >= 4 is 22.8 Å². The van der Waals surface area contributed by atoms with Gasteiger partial charge in [0, 0.05) is 7.05 Å². The smallest absolute Gasteiger partial charge is 0.300 e. The Morgan fingerprint density at radius 1 is 1.09 bits per heavy atom. The molecule has 2 unspecified atom stereocenters. The highest BCUT2D eigenvalue weighted by atomic mass is 32.2. The molecular weight excluding hydrogens is 454 g/mol. The third-order valence-corrected chi connectivity index (χ3v) is 7.63. The van der Waals surface area contributed by atoms with Crippen LogP contribution in [0.3, 0.4) is 0 Å². The van der Waals surface area contributed by atoms with E-state index in [0.717, 1.165) is 54.5 Å². The van der Waals surface area contributed by atoms with E-state index in [1.807, 2.05) is 6.08 Å². The van der Waals surface area contributed by atoms with Gasteiger partial charge in [0.1, 0.15) is 5.84 Å². The number of nitrogens with one attached hydrogen (secondary N) is 1. The fourth-order valence-electron chi connectivity index (χ4n) is 5.44. The number of carbonyl (C=O) groups is 1. The van der Waals surface area contributed by atoms with Crippen molar-refractivity contribution in [1.82, 2.24) is 5.32 Å². The topological polar surface area (TPSA) is 41.5 Å². The Labute approximate surface area is 185 Å². The van der Waals surface area contributed by atoms with Crippen LogP contribution < -0.4 is 5.32 Å². The number of benzene rings is 1. The third kappa shape index (κ3) is 4.70. The third-order valence-electron chi connectivity index (χ3n) is 6.80. The number of nitrogens with zero attached hydrogens (tertiary/aromatic N) is 1. The normalized spacial score (nSPS) is 30.9. The summed E-state index contributed by atoms with van der Waals surface area (Å²) in [5.74, 6) is 1.16. The van der Waals surface area contributed by atoms with Crippen molar-refractivity contribution < 1.29 is 31.1 Å². The largest absolute Gasteiger partial charge is 0.416 e. The SMILES string of the molecule is CN=C1NC(=O)SC1=CC1CC2CCC(C1)C2Cc1ccc(C(F)(F)F)cc1C(F)(F)F. The minimum atomic E-state index is -4.84. The number of hydrogen-bond donors (Lipinski definition) is 1. The molecule has 3 fully saturated rings. The lowest BCUT2D eigenvalue weighted by Crippen LogP contribution is -2.28. The molecule has 2 aliphatic carbocycles. The predicted molar refractivity (Wildman–Crippen MR) is 110 cm³/mol. The Kier molecular flexibility index (Phi) is 6.11. The monoisotopic (exact) mass is 476 g/mol. The summed E-state index contributed by atoms with van der Waals surface area (Å²) in [4.78, 5) is 16.5. The Morgan fingerprint density at radius 3 is 2.31 bits per heavy atom. The molecule has 1 amide bonds. The summed E-state index contributed by atoms with van der Waals surface area (Å²) >= 11 is 1.09. The van der Waals surface area contributed by atoms with E-state index >= 15 is 0 Å². The lowest BCUT2D eigenvalue weighted by atomic mass is 9.70. The molecule has 0 radical (unpaired) electrons. The van der Waals surface area contributed by atoms with Gasteiger partial charge in [0.25, 0.3) is 5.24 Å². The van der Waals surface area contributed by atoms with Gasteiger partial charge < -0.3 is 5.32 Å². The first-order valence-corrected chi connectivity index (χ1v) is 11.2. The fourth-order valence-corrected chi connectivity index (χ4v) is 6.29. The number of amidine groups is 1. The lowest BCUT2D eigenvalue weighted by molar-refractivity contribution is -0.143. The summed E-state index contributed by atoms with van der Waals surface area (Å²) in [5, 5.41) is 2.49. The molecule has 1 saturated heterocycles. The predicted octanol–water partition coefficient (Wildman–Crippen LogP) is 6.69. The highest BCUT2D eigenvalue weighted by molar-refractivity contribution is 8.18. The molecule has 2 saturated carbocycles. The summed E-state index contributed by atoms with van der Waals surface area (Å²) in [7, 11) is 1.60. The molecular formula is C22H22F6N2OS. The molecule has 2 atom stereocenters. The van der Waals surface area contributed by atoms with Gasteiger partial charge >= 0.3 is 12.4 Å². The van der Waals surface area contributed by atoms with Gasteiger partial charge in [-0.2, -0.15) is 26.3 Å². The molecule has 1 heterocycles. The van der Waals surface area contributed by atoms with E-state index in [1.54, 1.807) is 7.05 Å². The first-order valence-electron chi connectivity index (χ1n) is 10.4. The number of amides is 1. The Hall–Kier alpha value is -1.97. The van der Waals surface area contributed by atoms with Crippen LogP contribution in [0.1, 0.15) is 42.4 Å². The van der Waals surface area contributed by atoms with E-state index in [1.165, 1.54) is 0 Å². The maximum atomic E-state index is 13.5. The number of allylic oxidation sites excluding steroid dienone is 1. The van der Waals surface area contributed by atoms with E-state index < -0.39 is 23.5 Å². The van der Waals surface area contributed by atoms with Gasteiger partial charge in [0.2, 0.25) is 0 Å². The van der Waals surface area contributed by atoms with Crippen LogP contribution in [-0.2, 0) is 18.8 Å². The summed E-state index contributed by atoms with van der Waals surface area (Å²) in [6.07, 6.45) is -4.12. The van der Waals surface area contributed by atoms with Crippen molar-refractivity contribution in [3.05, 3.63) is 45.9 Å². The molecule has 0 aromatic heterocycles. The molecule has 3 aliphatic rings. The van der Waals surface area contributed by atoms with E-state index in [2.05, 4.69) is 10.3 Å². The van der Waals surface area contributed by atoms with E-state index in [-0.39, 0.29) is 47.0 Å². The molecule has 1 aliphatic heterocycles. The standard InChI is InChI=1S/C22H22F6N2OS/c1-29-19-18(32-20(31)30-19)8-11-6-12-2-3-13(7-11)16(12)9-14-4-5-15(21(23,24)25)10-17(14)22(26,27)28/h4-5,8,10-13,16H,2-3,6-7,9H2,1H3,(H,29,30,31).